The Balaban J connectivity index is 1.50. The fraction of sp³-hybridized carbons (Fsp3) is 0.417. The fourth-order valence-electron chi connectivity index (χ4n) is 4.18. The second kappa shape index (κ2) is 8.59. The van der Waals surface area contributed by atoms with E-state index in [9.17, 15) is 0 Å². The number of aromatic nitrogens is 2. The molecule has 0 amide bonds. The van der Waals surface area contributed by atoms with E-state index < -0.39 is 0 Å². The highest BCUT2D eigenvalue weighted by atomic mass is 15.3. The van der Waals surface area contributed by atoms with E-state index in [1.807, 2.05) is 6.20 Å². The van der Waals surface area contributed by atoms with Crippen LogP contribution in [-0.2, 0) is 6.54 Å². The van der Waals surface area contributed by atoms with Gasteiger partial charge in [0.05, 0.1) is 18.1 Å². The van der Waals surface area contributed by atoms with Crippen LogP contribution in [0, 0.1) is 11.3 Å². The number of hydrogen-bond donors (Lipinski definition) is 1. The van der Waals surface area contributed by atoms with Crippen molar-refractivity contribution in [3.8, 4) is 0 Å². The molecule has 146 valence electrons. The third-order valence-corrected chi connectivity index (χ3v) is 5.77. The molecule has 2 aromatic rings. The van der Waals surface area contributed by atoms with Crippen LogP contribution in [0.4, 0.5) is 0 Å². The van der Waals surface area contributed by atoms with E-state index in [1.165, 1.54) is 48.2 Å². The predicted molar refractivity (Wildman–Crippen MR) is 116 cm³/mol. The van der Waals surface area contributed by atoms with Crippen molar-refractivity contribution in [1.82, 2.24) is 14.7 Å². The van der Waals surface area contributed by atoms with Crippen LogP contribution in [0.25, 0.3) is 12.2 Å². The van der Waals surface area contributed by atoms with Crippen molar-refractivity contribution in [1.29, 1.82) is 5.41 Å². The second-order valence-corrected chi connectivity index (χ2v) is 7.91. The van der Waals surface area contributed by atoms with Crippen molar-refractivity contribution in [2.45, 2.75) is 45.6 Å². The third-order valence-electron chi connectivity index (χ3n) is 5.77. The van der Waals surface area contributed by atoms with E-state index in [0.717, 1.165) is 25.2 Å². The van der Waals surface area contributed by atoms with E-state index >= 15 is 0 Å². The molecular weight excluding hydrogens is 344 g/mol. The molecule has 0 bridgehead atoms. The Morgan fingerprint density at radius 1 is 1.14 bits per heavy atom. The smallest absolute Gasteiger partial charge is 0.128 e. The molecule has 1 aromatic carbocycles. The lowest BCUT2D eigenvalue weighted by Crippen LogP contribution is -2.35. The van der Waals surface area contributed by atoms with Crippen LogP contribution < -0.4 is 10.6 Å². The first-order valence-corrected chi connectivity index (χ1v) is 10.6. The Morgan fingerprint density at radius 2 is 1.93 bits per heavy atom. The van der Waals surface area contributed by atoms with Crippen LogP contribution in [0.5, 0.6) is 0 Å². The maximum atomic E-state index is 8.48. The molecule has 2 heterocycles. The number of allylic oxidation sites excluding steroid dienone is 2. The Hall–Kier alpha value is -2.62. The first-order valence-electron chi connectivity index (χ1n) is 10.6. The average Bonchev–Trinajstić information content (AvgIpc) is 2.98. The zero-order valence-electron chi connectivity index (χ0n) is 16.8. The summed E-state index contributed by atoms with van der Waals surface area (Å²) in [4.78, 5) is 2.20. The molecule has 0 saturated carbocycles. The Bertz CT molecular complexity index is 959. The largest absolute Gasteiger partial charge is 0.357 e. The molecule has 4 rings (SSSR count). The summed E-state index contributed by atoms with van der Waals surface area (Å²) in [5, 5.41) is 15.5. The highest BCUT2D eigenvalue weighted by Gasteiger charge is 2.15. The zero-order valence-corrected chi connectivity index (χ0v) is 16.8. The molecule has 1 aliphatic carbocycles. The molecule has 0 radical (unpaired) electrons. The first-order chi connectivity index (χ1) is 13.7. The predicted octanol–water partition coefficient (Wildman–Crippen LogP) is 3.29. The van der Waals surface area contributed by atoms with E-state index in [0.29, 0.717) is 11.8 Å². The highest BCUT2D eigenvalue weighted by molar-refractivity contribution is 5.96. The van der Waals surface area contributed by atoms with Gasteiger partial charge in [0.1, 0.15) is 5.84 Å². The van der Waals surface area contributed by atoms with Gasteiger partial charge in [-0.2, -0.15) is 5.10 Å². The van der Waals surface area contributed by atoms with E-state index in [2.05, 4.69) is 70.2 Å². The minimum atomic E-state index is 0.500. The van der Waals surface area contributed by atoms with Crippen molar-refractivity contribution in [2.24, 2.45) is 5.92 Å². The summed E-state index contributed by atoms with van der Waals surface area (Å²) in [5.41, 5.74) is 2.23. The standard InChI is InChI=1S/C24H30N4/c1-2-7-19-8-6-9-23-22(16-19)17-26-28(23)18-20-10-12-21(13-11-20)24(25)27-14-4-3-5-15-27/h6,8-13,16-17,19,25H,2-5,7,14-15,18H2,1H3. The molecular formula is C24H30N4. The van der Waals surface area contributed by atoms with Gasteiger partial charge in [0.25, 0.3) is 0 Å². The van der Waals surface area contributed by atoms with Gasteiger partial charge in [0, 0.05) is 23.9 Å². The summed E-state index contributed by atoms with van der Waals surface area (Å²) in [6.45, 7) is 5.01. The van der Waals surface area contributed by atoms with Gasteiger partial charge in [-0.25, -0.2) is 0 Å². The number of amidine groups is 1. The molecule has 1 aliphatic heterocycles. The molecule has 1 atom stereocenters. The summed E-state index contributed by atoms with van der Waals surface area (Å²) in [6, 6.07) is 8.44. The lowest BCUT2D eigenvalue weighted by atomic mass is 10.0. The number of nitrogens with zero attached hydrogens (tertiary/aromatic N) is 3. The molecule has 1 saturated heterocycles. The maximum Gasteiger partial charge on any atom is 0.128 e. The van der Waals surface area contributed by atoms with Crippen molar-refractivity contribution < 1.29 is 0 Å². The van der Waals surface area contributed by atoms with Gasteiger partial charge >= 0.3 is 0 Å². The number of nitrogens with one attached hydrogen (secondary N) is 1. The van der Waals surface area contributed by atoms with Crippen LogP contribution in [0.15, 0.2) is 42.6 Å². The van der Waals surface area contributed by atoms with Crippen molar-refractivity contribution in [3.63, 3.8) is 0 Å². The molecule has 28 heavy (non-hydrogen) atoms. The number of fused-ring (bicyclic) bond motifs is 1. The monoisotopic (exact) mass is 374 g/mol. The fourth-order valence-corrected chi connectivity index (χ4v) is 4.18. The van der Waals surface area contributed by atoms with Crippen LogP contribution in [0.1, 0.15) is 50.2 Å². The number of benzene rings is 1. The van der Waals surface area contributed by atoms with Gasteiger partial charge in [-0.1, -0.05) is 55.8 Å². The minimum absolute atomic E-state index is 0.500. The van der Waals surface area contributed by atoms with Gasteiger partial charge in [-0.05, 0) is 43.2 Å². The van der Waals surface area contributed by atoms with Crippen molar-refractivity contribution in [2.75, 3.05) is 13.1 Å². The lowest BCUT2D eigenvalue weighted by Gasteiger charge is -2.29. The molecule has 1 fully saturated rings. The topological polar surface area (TPSA) is 44.9 Å². The normalized spacial score (nSPS) is 18.8. The number of hydrogen-bond acceptors (Lipinski definition) is 2. The SMILES string of the molecule is CCCC1C=CC=c2c(cnn2Cc2ccc(C(=N)N3CCCCC3)cc2)=C1. The number of rotatable bonds is 5. The Labute approximate surface area is 167 Å². The summed E-state index contributed by atoms with van der Waals surface area (Å²) < 4.78 is 2.08. The summed E-state index contributed by atoms with van der Waals surface area (Å²) >= 11 is 0. The van der Waals surface area contributed by atoms with E-state index in [1.54, 1.807) is 0 Å². The van der Waals surface area contributed by atoms with Gasteiger partial charge in [-0.3, -0.25) is 10.1 Å². The quantitative estimate of drug-likeness (QED) is 0.645. The third kappa shape index (κ3) is 4.11. The molecule has 2 aliphatic rings. The molecule has 1 N–H and O–H groups in total. The molecule has 4 nitrogen and oxygen atoms in total. The lowest BCUT2D eigenvalue weighted by molar-refractivity contribution is 0.341. The summed E-state index contributed by atoms with van der Waals surface area (Å²) in [7, 11) is 0. The summed E-state index contributed by atoms with van der Waals surface area (Å²) in [6.07, 6.45) is 17.0. The molecule has 4 heteroatoms. The minimum Gasteiger partial charge on any atom is -0.357 e. The van der Waals surface area contributed by atoms with Crippen molar-refractivity contribution in [3.05, 3.63) is 64.3 Å². The van der Waals surface area contributed by atoms with E-state index in [-0.39, 0.29) is 0 Å². The Morgan fingerprint density at radius 3 is 2.68 bits per heavy atom. The van der Waals surface area contributed by atoms with Crippen LogP contribution >= 0.6 is 0 Å². The first kappa shape index (κ1) is 18.7. The van der Waals surface area contributed by atoms with Crippen LogP contribution in [0.2, 0.25) is 0 Å². The zero-order chi connectivity index (χ0) is 19.3. The Kier molecular flexibility index (Phi) is 5.75. The number of likely N-dealkylation sites (tertiary alicyclic amines) is 1. The number of piperidine rings is 1. The summed E-state index contributed by atoms with van der Waals surface area (Å²) in [5.74, 6) is 1.16. The molecule has 1 unspecified atom stereocenters. The van der Waals surface area contributed by atoms with Gasteiger partial charge in [0.2, 0.25) is 0 Å². The molecule has 1 aromatic heterocycles. The van der Waals surface area contributed by atoms with Gasteiger partial charge in [-0.15, -0.1) is 0 Å². The highest BCUT2D eigenvalue weighted by Crippen LogP contribution is 2.14. The van der Waals surface area contributed by atoms with Crippen molar-refractivity contribution >= 4 is 18.0 Å². The van der Waals surface area contributed by atoms with Gasteiger partial charge in [0.15, 0.2) is 0 Å². The second-order valence-electron chi connectivity index (χ2n) is 7.91. The van der Waals surface area contributed by atoms with Crippen LogP contribution in [0.3, 0.4) is 0 Å². The van der Waals surface area contributed by atoms with E-state index in [4.69, 9.17) is 5.41 Å². The average molecular weight is 375 g/mol. The van der Waals surface area contributed by atoms with Gasteiger partial charge < -0.3 is 4.90 Å². The molecule has 0 spiro atoms. The van der Waals surface area contributed by atoms with Crippen LogP contribution in [-0.4, -0.2) is 33.6 Å². The maximum absolute atomic E-state index is 8.48.